The maximum Gasteiger partial charge on any atom is 0.122 e. The molecule has 4 aromatic rings. The van der Waals surface area contributed by atoms with Gasteiger partial charge in [-0.15, -0.1) is 0 Å². The average Bonchev–Trinajstić information content (AvgIpc) is 4.19. The van der Waals surface area contributed by atoms with Crippen LogP contribution in [0.1, 0.15) is 71.6 Å². The highest BCUT2D eigenvalue weighted by Gasteiger charge is 2.48. The minimum absolute atomic E-state index is 0.000543. The third-order valence-corrected chi connectivity index (χ3v) is 14.6. The molecule has 0 saturated carbocycles. The number of hydrogen-bond donors (Lipinski definition) is 4. The standard InChI is InChI=1S/C52H64N4O8/c1-57-33-17-29(18-34(25-33)58-2)49-41-9-11-43(53-41)50(30-19-35(59-3)26-36(20-30)60-4)45-13-15-47(55-45)52(32-23-39(63-7)28-40(24-32)64-8)48-16-14-46(56-48)51(44-12-10-42(49)54-44)31-21-37(61-5)27-38(22-31)62-6/h9,11,14,16-28,41-56H,10,12-13,15H2,1-8H3. The largest absolute Gasteiger partial charge is 0.497 e. The molecule has 12 nitrogen and oxygen atoms in total. The first-order chi connectivity index (χ1) is 31.3. The van der Waals surface area contributed by atoms with Gasteiger partial charge in [0, 0.05) is 96.3 Å². The smallest absolute Gasteiger partial charge is 0.122 e. The van der Waals surface area contributed by atoms with Crippen molar-refractivity contribution in [1.29, 1.82) is 0 Å². The Labute approximate surface area is 378 Å². The lowest BCUT2D eigenvalue weighted by Crippen LogP contribution is -2.52. The molecule has 3 fully saturated rings. The van der Waals surface area contributed by atoms with Crippen molar-refractivity contribution in [1.82, 2.24) is 21.3 Å². The molecular weight excluding hydrogens is 809 g/mol. The zero-order valence-corrected chi connectivity index (χ0v) is 38.3. The van der Waals surface area contributed by atoms with E-state index in [9.17, 15) is 0 Å². The van der Waals surface area contributed by atoms with Crippen LogP contribution in [-0.2, 0) is 0 Å². The van der Waals surface area contributed by atoms with E-state index in [2.05, 4.69) is 94.1 Å². The molecule has 340 valence electrons. The Morgan fingerprint density at radius 2 is 0.469 bits per heavy atom. The van der Waals surface area contributed by atoms with Crippen LogP contribution in [-0.4, -0.2) is 105 Å². The van der Waals surface area contributed by atoms with Gasteiger partial charge in [0.2, 0.25) is 0 Å². The van der Waals surface area contributed by atoms with Gasteiger partial charge in [-0.05, 0) is 96.5 Å². The molecule has 4 aromatic carbocycles. The van der Waals surface area contributed by atoms with E-state index < -0.39 is 0 Å². The Kier molecular flexibility index (Phi) is 13.0. The molecule has 0 aliphatic carbocycles. The molecule has 5 aliphatic heterocycles. The van der Waals surface area contributed by atoms with E-state index in [1.165, 1.54) is 0 Å². The van der Waals surface area contributed by atoms with Crippen LogP contribution in [0.4, 0.5) is 0 Å². The van der Waals surface area contributed by atoms with Gasteiger partial charge in [0.05, 0.1) is 56.9 Å². The highest BCUT2D eigenvalue weighted by atomic mass is 16.5. The van der Waals surface area contributed by atoms with Gasteiger partial charge < -0.3 is 59.2 Å². The molecule has 12 heteroatoms. The lowest BCUT2D eigenvalue weighted by molar-refractivity contribution is 0.314. The minimum atomic E-state index is -0.000543. The zero-order valence-electron chi connectivity index (χ0n) is 38.3. The van der Waals surface area contributed by atoms with Crippen LogP contribution >= 0.6 is 0 Å². The second-order valence-electron chi connectivity index (χ2n) is 17.8. The fraction of sp³-hybridized carbons (Fsp3) is 0.462. The summed E-state index contributed by atoms with van der Waals surface area (Å²) < 4.78 is 47.1. The van der Waals surface area contributed by atoms with Gasteiger partial charge in [0.25, 0.3) is 0 Å². The fourth-order valence-corrected chi connectivity index (χ4v) is 11.6. The lowest BCUT2D eigenvalue weighted by Gasteiger charge is -2.38. The summed E-state index contributed by atoms with van der Waals surface area (Å²) in [5.74, 6) is 6.34. The summed E-state index contributed by atoms with van der Waals surface area (Å²) in [5, 5.41) is 17.0. The van der Waals surface area contributed by atoms with E-state index in [-0.39, 0.29) is 72.0 Å². The SMILES string of the molecule is COc1cc(OC)cc(C2C3C=CC(N3)C(c3cc(OC)cc(OC)c3)C3CCC(N3)C(c3cc(OC)cc(OC)c3)C3C=CC(N3)C(c3cc(OC)cc(OC)c3)C3CCC2N3)c1. The summed E-state index contributed by atoms with van der Waals surface area (Å²) in [6.45, 7) is 0. The molecule has 5 heterocycles. The molecule has 5 aliphatic rings. The van der Waals surface area contributed by atoms with Crippen molar-refractivity contribution in [2.24, 2.45) is 0 Å². The first-order valence-corrected chi connectivity index (χ1v) is 22.6. The van der Waals surface area contributed by atoms with Gasteiger partial charge in [-0.1, -0.05) is 24.3 Å². The predicted molar refractivity (Wildman–Crippen MR) is 249 cm³/mol. The van der Waals surface area contributed by atoms with Gasteiger partial charge >= 0.3 is 0 Å². The molecule has 3 saturated heterocycles. The van der Waals surface area contributed by atoms with Gasteiger partial charge in [-0.3, -0.25) is 0 Å². The highest BCUT2D eigenvalue weighted by molar-refractivity contribution is 5.48. The van der Waals surface area contributed by atoms with E-state index in [0.29, 0.717) is 0 Å². The average molecular weight is 873 g/mol. The molecule has 8 bridgehead atoms. The fourth-order valence-electron chi connectivity index (χ4n) is 11.6. The highest BCUT2D eigenvalue weighted by Crippen LogP contribution is 2.46. The number of hydrogen-bond acceptors (Lipinski definition) is 12. The van der Waals surface area contributed by atoms with E-state index in [4.69, 9.17) is 37.9 Å². The maximum atomic E-state index is 5.89. The minimum Gasteiger partial charge on any atom is -0.497 e. The first kappa shape index (κ1) is 43.8. The van der Waals surface area contributed by atoms with Crippen molar-refractivity contribution in [3.05, 3.63) is 119 Å². The first-order valence-electron chi connectivity index (χ1n) is 22.6. The lowest BCUT2D eigenvalue weighted by atomic mass is 9.83. The Hall–Kier alpha value is -5.40. The van der Waals surface area contributed by atoms with Gasteiger partial charge in [-0.2, -0.15) is 0 Å². The number of methoxy groups -OCH3 is 8. The normalized spacial score (nSPS) is 30.5. The molecule has 9 rings (SSSR count). The third kappa shape index (κ3) is 8.60. The van der Waals surface area contributed by atoms with Crippen molar-refractivity contribution in [3.8, 4) is 46.0 Å². The van der Waals surface area contributed by atoms with Crippen LogP contribution in [0.15, 0.2) is 97.1 Å². The summed E-state index contributed by atoms with van der Waals surface area (Å²) in [6.07, 6.45) is 13.5. The van der Waals surface area contributed by atoms with Crippen molar-refractivity contribution >= 4 is 0 Å². The molecule has 0 spiro atoms. The Balaban J connectivity index is 1.20. The second-order valence-corrected chi connectivity index (χ2v) is 17.8. The molecule has 64 heavy (non-hydrogen) atoms. The summed E-state index contributed by atoms with van der Waals surface area (Å²) in [6, 6.07) is 25.7. The van der Waals surface area contributed by atoms with Gasteiger partial charge in [0.1, 0.15) is 46.0 Å². The number of benzene rings is 4. The molecule has 12 atom stereocenters. The summed E-state index contributed by atoms with van der Waals surface area (Å²) >= 11 is 0. The predicted octanol–water partition coefficient (Wildman–Crippen LogP) is 7.24. The van der Waals surface area contributed by atoms with Crippen molar-refractivity contribution in [3.63, 3.8) is 0 Å². The number of nitrogens with one attached hydrogen (secondary N) is 4. The number of fused-ring (bicyclic) bond motifs is 8. The maximum absolute atomic E-state index is 5.89. The zero-order chi connectivity index (χ0) is 44.5. The molecular formula is C52H64N4O8. The summed E-state index contributed by atoms with van der Waals surface area (Å²) in [5.41, 5.74) is 4.64. The molecule has 0 aromatic heterocycles. The van der Waals surface area contributed by atoms with Crippen LogP contribution in [0.25, 0.3) is 0 Å². The van der Waals surface area contributed by atoms with Crippen molar-refractivity contribution < 1.29 is 37.9 Å². The molecule has 4 N–H and O–H groups in total. The van der Waals surface area contributed by atoms with Crippen LogP contribution in [0.3, 0.4) is 0 Å². The summed E-state index contributed by atoms with van der Waals surface area (Å²) in [4.78, 5) is 0. The summed E-state index contributed by atoms with van der Waals surface area (Å²) in [7, 11) is 13.8. The van der Waals surface area contributed by atoms with Crippen LogP contribution in [0.2, 0.25) is 0 Å². The third-order valence-electron chi connectivity index (χ3n) is 14.6. The monoisotopic (exact) mass is 872 g/mol. The molecule has 0 amide bonds. The van der Waals surface area contributed by atoms with E-state index in [0.717, 1.165) is 93.9 Å². The topological polar surface area (TPSA) is 122 Å². The quantitative estimate of drug-likeness (QED) is 0.108. The van der Waals surface area contributed by atoms with Gasteiger partial charge in [0.15, 0.2) is 0 Å². The number of ether oxygens (including phenoxy) is 8. The Morgan fingerprint density at radius 1 is 0.281 bits per heavy atom. The van der Waals surface area contributed by atoms with Gasteiger partial charge in [-0.25, -0.2) is 0 Å². The molecule has 0 radical (unpaired) electrons. The van der Waals surface area contributed by atoms with E-state index in [1.54, 1.807) is 56.9 Å². The van der Waals surface area contributed by atoms with Crippen LogP contribution in [0.5, 0.6) is 46.0 Å². The second kappa shape index (κ2) is 19.0. The van der Waals surface area contributed by atoms with Crippen molar-refractivity contribution in [2.75, 3.05) is 56.9 Å². The Morgan fingerprint density at radius 3 is 0.641 bits per heavy atom. The van der Waals surface area contributed by atoms with Crippen LogP contribution in [0, 0.1) is 0 Å². The van der Waals surface area contributed by atoms with E-state index >= 15 is 0 Å². The van der Waals surface area contributed by atoms with Crippen LogP contribution < -0.4 is 59.2 Å². The Bertz CT molecular complexity index is 1930. The molecule has 12 unspecified atom stereocenters. The number of rotatable bonds is 12. The van der Waals surface area contributed by atoms with E-state index in [1.807, 2.05) is 24.3 Å². The van der Waals surface area contributed by atoms with Crippen molar-refractivity contribution in [2.45, 2.75) is 97.7 Å².